The van der Waals surface area contributed by atoms with E-state index < -0.39 is 5.97 Å². The second-order valence-electron chi connectivity index (χ2n) is 7.01. The van der Waals surface area contributed by atoms with Gasteiger partial charge in [0.1, 0.15) is 0 Å². The van der Waals surface area contributed by atoms with Gasteiger partial charge in [0.05, 0.1) is 5.57 Å². The fourth-order valence-corrected chi connectivity index (χ4v) is 3.81. The van der Waals surface area contributed by atoms with Gasteiger partial charge in [-0.05, 0) is 54.4 Å². The number of allylic oxidation sites excluding steroid dienone is 1. The van der Waals surface area contributed by atoms with E-state index in [0.717, 1.165) is 19.3 Å². The molecule has 2 aromatic rings. The lowest BCUT2D eigenvalue weighted by molar-refractivity contribution is -0.133. The molecule has 0 saturated heterocycles. The van der Waals surface area contributed by atoms with Crippen molar-refractivity contribution >= 4 is 22.6 Å². The average Bonchev–Trinajstić information content (AvgIpc) is 3.42. The van der Waals surface area contributed by atoms with E-state index in [4.69, 9.17) is 0 Å². The van der Waals surface area contributed by atoms with Gasteiger partial charge in [-0.25, -0.2) is 4.79 Å². The van der Waals surface area contributed by atoms with Crippen molar-refractivity contribution in [2.45, 2.75) is 38.0 Å². The van der Waals surface area contributed by atoms with Crippen LogP contribution in [0.2, 0.25) is 0 Å². The quantitative estimate of drug-likeness (QED) is 0.888. The second kappa shape index (κ2) is 6.36. The maximum Gasteiger partial charge on any atom is 0.333 e. The number of aliphatic carboxylic acids is 1. The zero-order chi connectivity index (χ0) is 17.4. The number of carboxylic acids is 1. The minimum atomic E-state index is -0.906. The highest BCUT2D eigenvalue weighted by Gasteiger charge is 2.44. The average molecular weight is 335 g/mol. The van der Waals surface area contributed by atoms with Gasteiger partial charge >= 0.3 is 5.97 Å². The number of carboxylic acid groups (broad SMARTS) is 1. The zero-order valence-corrected chi connectivity index (χ0v) is 14.0. The molecule has 1 fully saturated rings. The molecular formula is C21H21NO3. The number of fused-ring (bicyclic) bond motifs is 1. The first-order chi connectivity index (χ1) is 12.1. The summed E-state index contributed by atoms with van der Waals surface area (Å²) < 4.78 is 0. The van der Waals surface area contributed by atoms with Crippen LogP contribution in [-0.4, -0.2) is 17.0 Å². The van der Waals surface area contributed by atoms with E-state index in [-0.39, 0.29) is 17.7 Å². The van der Waals surface area contributed by atoms with Crippen molar-refractivity contribution in [3.8, 4) is 0 Å². The Hall–Kier alpha value is -2.62. The Balaban J connectivity index is 1.48. The van der Waals surface area contributed by atoms with Crippen LogP contribution in [0.25, 0.3) is 10.8 Å². The molecule has 4 heteroatoms. The molecule has 1 amide bonds. The van der Waals surface area contributed by atoms with Crippen LogP contribution in [0.5, 0.6) is 0 Å². The predicted octanol–water partition coefficient (Wildman–Crippen LogP) is 3.97. The second-order valence-corrected chi connectivity index (χ2v) is 7.01. The van der Waals surface area contributed by atoms with Crippen molar-refractivity contribution in [3.63, 3.8) is 0 Å². The van der Waals surface area contributed by atoms with Gasteiger partial charge in [-0.1, -0.05) is 42.5 Å². The lowest BCUT2D eigenvalue weighted by atomic mass is 9.96. The van der Waals surface area contributed by atoms with Gasteiger partial charge in [0.2, 0.25) is 5.91 Å². The number of amides is 1. The van der Waals surface area contributed by atoms with Crippen LogP contribution in [0.4, 0.5) is 0 Å². The van der Waals surface area contributed by atoms with Gasteiger partial charge in [0, 0.05) is 11.6 Å². The summed E-state index contributed by atoms with van der Waals surface area (Å²) in [7, 11) is 0. The fourth-order valence-electron chi connectivity index (χ4n) is 3.81. The fraction of sp³-hybridized carbons (Fsp3) is 0.333. The molecule has 2 aliphatic rings. The van der Waals surface area contributed by atoms with E-state index in [9.17, 15) is 14.7 Å². The molecule has 0 spiro atoms. The van der Waals surface area contributed by atoms with Crippen molar-refractivity contribution in [3.05, 3.63) is 59.3 Å². The summed E-state index contributed by atoms with van der Waals surface area (Å²) in [5.74, 6) is -0.751. The van der Waals surface area contributed by atoms with Crippen LogP contribution in [-0.2, 0) is 9.59 Å². The summed E-state index contributed by atoms with van der Waals surface area (Å²) in [6.45, 7) is 0. The standard InChI is InChI=1S/C21H21NO3/c23-20(22-19-8-4-3-7-16(19)21(24)25)18-12-17(18)15-10-9-13-5-1-2-6-14(13)11-15/h1-2,5-6,9-11,17-18H,3-4,7-8,12H2,(H,22,23)(H,24,25)/t17-,18+/m0/s1. The maximum absolute atomic E-state index is 12.6. The van der Waals surface area contributed by atoms with Crippen LogP contribution in [0.3, 0.4) is 0 Å². The molecule has 2 aliphatic carbocycles. The van der Waals surface area contributed by atoms with Crippen molar-refractivity contribution in [2.75, 3.05) is 0 Å². The van der Waals surface area contributed by atoms with Crippen LogP contribution in [0, 0.1) is 5.92 Å². The molecule has 4 rings (SSSR count). The third-order valence-electron chi connectivity index (χ3n) is 5.33. The summed E-state index contributed by atoms with van der Waals surface area (Å²) in [6, 6.07) is 14.6. The van der Waals surface area contributed by atoms with Gasteiger partial charge in [-0.15, -0.1) is 0 Å². The van der Waals surface area contributed by atoms with Crippen molar-refractivity contribution in [1.82, 2.24) is 5.32 Å². The number of carbonyl (C=O) groups is 2. The molecular weight excluding hydrogens is 314 g/mol. The van der Waals surface area contributed by atoms with Crippen molar-refractivity contribution in [2.24, 2.45) is 5.92 Å². The monoisotopic (exact) mass is 335 g/mol. The third-order valence-corrected chi connectivity index (χ3v) is 5.33. The Morgan fingerprint density at radius 3 is 2.56 bits per heavy atom. The minimum Gasteiger partial charge on any atom is -0.478 e. The highest BCUT2D eigenvalue weighted by molar-refractivity contribution is 5.91. The van der Waals surface area contributed by atoms with Crippen molar-refractivity contribution < 1.29 is 14.7 Å². The number of hydrogen-bond donors (Lipinski definition) is 2. The smallest absolute Gasteiger partial charge is 0.333 e. The SMILES string of the molecule is O=C(O)C1=C(NC(=O)[C@@H]2C[C@H]2c2ccc3ccccc3c2)CCCC1. The largest absolute Gasteiger partial charge is 0.478 e. The molecule has 0 aromatic heterocycles. The molecule has 2 atom stereocenters. The van der Waals surface area contributed by atoms with Gasteiger partial charge in [0.15, 0.2) is 0 Å². The topological polar surface area (TPSA) is 66.4 Å². The molecule has 1 saturated carbocycles. The Morgan fingerprint density at radius 1 is 1.00 bits per heavy atom. The highest BCUT2D eigenvalue weighted by Crippen LogP contribution is 2.48. The molecule has 128 valence electrons. The molecule has 0 radical (unpaired) electrons. The van der Waals surface area contributed by atoms with E-state index in [2.05, 4.69) is 35.6 Å². The number of nitrogens with one attached hydrogen (secondary N) is 1. The number of benzene rings is 2. The first-order valence-corrected chi connectivity index (χ1v) is 8.88. The molecule has 2 aromatic carbocycles. The molecule has 0 heterocycles. The van der Waals surface area contributed by atoms with Gasteiger partial charge in [0.25, 0.3) is 0 Å². The van der Waals surface area contributed by atoms with Crippen molar-refractivity contribution in [1.29, 1.82) is 0 Å². The highest BCUT2D eigenvalue weighted by atomic mass is 16.4. The number of carbonyl (C=O) groups excluding carboxylic acids is 1. The summed E-state index contributed by atoms with van der Waals surface area (Å²) >= 11 is 0. The van der Waals surface area contributed by atoms with Gasteiger partial charge in [-0.2, -0.15) is 0 Å². The number of hydrogen-bond acceptors (Lipinski definition) is 2. The van der Waals surface area contributed by atoms with Gasteiger partial charge in [-0.3, -0.25) is 4.79 Å². The molecule has 25 heavy (non-hydrogen) atoms. The summed E-state index contributed by atoms with van der Waals surface area (Å²) in [6.07, 6.45) is 3.85. The number of rotatable bonds is 4. The molecule has 0 unspecified atom stereocenters. The summed E-state index contributed by atoms with van der Waals surface area (Å²) in [5, 5.41) is 14.6. The Bertz CT molecular complexity index is 884. The van der Waals surface area contributed by atoms with Crippen LogP contribution < -0.4 is 5.32 Å². The van der Waals surface area contributed by atoms with E-state index in [1.54, 1.807) is 0 Å². The predicted molar refractivity (Wildman–Crippen MR) is 96.1 cm³/mol. The first kappa shape index (κ1) is 15.9. The molecule has 2 N–H and O–H groups in total. The van der Waals surface area contributed by atoms with E-state index in [1.165, 1.54) is 16.3 Å². The van der Waals surface area contributed by atoms with Crippen LogP contribution >= 0.6 is 0 Å². The normalized spacial score (nSPS) is 22.7. The van der Waals surface area contributed by atoms with E-state index in [1.807, 2.05) is 12.1 Å². The maximum atomic E-state index is 12.6. The Morgan fingerprint density at radius 2 is 1.76 bits per heavy atom. The van der Waals surface area contributed by atoms with E-state index in [0.29, 0.717) is 24.1 Å². The minimum absolute atomic E-state index is 0.0335. The first-order valence-electron chi connectivity index (χ1n) is 8.88. The lowest BCUT2D eigenvalue weighted by Gasteiger charge is -2.18. The molecule has 4 nitrogen and oxygen atoms in total. The summed E-state index contributed by atoms with van der Waals surface area (Å²) in [5.41, 5.74) is 2.19. The zero-order valence-electron chi connectivity index (χ0n) is 14.0. The van der Waals surface area contributed by atoms with Crippen LogP contribution in [0.15, 0.2) is 53.7 Å². The molecule has 0 bridgehead atoms. The Kier molecular flexibility index (Phi) is 4.04. The van der Waals surface area contributed by atoms with E-state index >= 15 is 0 Å². The Labute approximate surface area is 146 Å². The lowest BCUT2D eigenvalue weighted by Crippen LogP contribution is -2.28. The third kappa shape index (κ3) is 3.16. The molecule has 0 aliphatic heterocycles. The summed E-state index contributed by atoms with van der Waals surface area (Å²) in [4.78, 5) is 23.9. The van der Waals surface area contributed by atoms with Crippen LogP contribution in [0.1, 0.15) is 43.6 Å². The van der Waals surface area contributed by atoms with Gasteiger partial charge < -0.3 is 10.4 Å².